The van der Waals surface area contributed by atoms with Gasteiger partial charge in [-0.15, -0.1) is 11.3 Å². The normalized spacial score (nSPS) is 15.3. The van der Waals surface area contributed by atoms with E-state index in [0.717, 1.165) is 69.3 Å². The molecule has 5 rings (SSSR count). The van der Waals surface area contributed by atoms with Gasteiger partial charge in [-0.2, -0.15) is 0 Å². The third kappa shape index (κ3) is 5.27. The first-order valence-electron chi connectivity index (χ1n) is 14.4. The summed E-state index contributed by atoms with van der Waals surface area (Å²) >= 11 is 2.99. The summed E-state index contributed by atoms with van der Waals surface area (Å²) in [6.45, 7) is 15.1. The van der Waals surface area contributed by atoms with Crippen LogP contribution in [-0.4, -0.2) is 28.2 Å². The zero-order chi connectivity index (χ0) is 29.6. The number of para-hydroxylation sites is 2. The van der Waals surface area contributed by atoms with Crippen LogP contribution in [0.2, 0.25) is 0 Å². The lowest BCUT2D eigenvalue weighted by atomic mass is 9.70. The second kappa shape index (κ2) is 11.4. The standard InChI is InChI=1S/C34H40N2O3S2/c1-9-34(6,7)23-14-15-24-28(17-23)41-31-30(24)32(38)36(25-12-10-11-13-27(25)39-8)33(35-31)40-18-26(37)29-21(4)19(2)16-20(3)22(29)5/h10-13,16,23H,9,14-15,17-18H2,1-8H3/t23-/m0/s1. The van der Waals surface area contributed by atoms with Crippen LogP contribution in [0.5, 0.6) is 5.75 Å². The predicted octanol–water partition coefficient (Wildman–Crippen LogP) is 8.21. The Kier molecular flexibility index (Phi) is 8.23. The van der Waals surface area contributed by atoms with Gasteiger partial charge in [0.2, 0.25) is 0 Å². The number of ether oxygens (including phenoxy) is 1. The predicted molar refractivity (Wildman–Crippen MR) is 172 cm³/mol. The summed E-state index contributed by atoms with van der Waals surface area (Å²) in [5.41, 5.74) is 7.00. The van der Waals surface area contributed by atoms with Gasteiger partial charge in [0.25, 0.3) is 5.56 Å². The smallest absolute Gasteiger partial charge is 0.267 e. The quantitative estimate of drug-likeness (QED) is 0.118. The lowest BCUT2D eigenvalue weighted by Gasteiger charge is -2.36. The minimum atomic E-state index is -0.0843. The Morgan fingerprint density at radius 1 is 1.15 bits per heavy atom. The summed E-state index contributed by atoms with van der Waals surface area (Å²) in [6.07, 6.45) is 4.08. The van der Waals surface area contributed by atoms with E-state index < -0.39 is 0 Å². The molecule has 0 radical (unpaired) electrons. The van der Waals surface area contributed by atoms with Crippen molar-refractivity contribution in [2.45, 2.75) is 79.3 Å². The summed E-state index contributed by atoms with van der Waals surface area (Å²) < 4.78 is 7.33. The van der Waals surface area contributed by atoms with Crippen LogP contribution in [0.4, 0.5) is 0 Å². The molecule has 41 heavy (non-hydrogen) atoms. The first kappa shape index (κ1) is 29.6. The van der Waals surface area contributed by atoms with Gasteiger partial charge in [-0.05, 0) is 98.2 Å². The van der Waals surface area contributed by atoms with E-state index in [1.807, 2.05) is 52.0 Å². The van der Waals surface area contributed by atoms with Gasteiger partial charge in [-0.25, -0.2) is 4.98 Å². The zero-order valence-electron chi connectivity index (χ0n) is 25.4. The van der Waals surface area contributed by atoms with Gasteiger partial charge in [0.1, 0.15) is 10.6 Å². The van der Waals surface area contributed by atoms with Crippen molar-refractivity contribution < 1.29 is 9.53 Å². The summed E-state index contributed by atoms with van der Waals surface area (Å²) in [4.78, 5) is 35.2. The average Bonchev–Trinajstić information content (AvgIpc) is 3.33. The van der Waals surface area contributed by atoms with Crippen LogP contribution in [0.25, 0.3) is 15.9 Å². The van der Waals surface area contributed by atoms with Crippen LogP contribution in [-0.2, 0) is 12.8 Å². The molecule has 0 aliphatic heterocycles. The number of hydrogen-bond acceptors (Lipinski definition) is 6. The zero-order valence-corrected chi connectivity index (χ0v) is 27.1. The molecule has 2 aromatic carbocycles. The molecule has 2 heterocycles. The highest BCUT2D eigenvalue weighted by Gasteiger charge is 2.34. The third-order valence-electron chi connectivity index (χ3n) is 9.37. The van der Waals surface area contributed by atoms with Crippen molar-refractivity contribution >= 4 is 39.1 Å². The maximum atomic E-state index is 14.4. The number of nitrogens with zero attached hydrogens (tertiary/aromatic N) is 2. The van der Waals surface area contributed by atoms with Crippen molar-refractivity contribution in [3.63, 3.8) is 0 Å². The first-order valence-corrected chi connectivity index (χ1v) is 16.2. The molecule has 4 aromatic rings. The number of carbonyl (C=O) groups excluding carboxylic acids is 1. The van der Waals surface area contributed by atoms with Crippen molar-refractivity contribution in [2.75, 3.05) is 12.9 Å². The highest BCUT2D eigenvalue weighted by atomic mass is 32.2. The lowest BCUT2D eigenvalue weighted by Crippen LogP contribution is -2.29. The Bertz CT molecular complexity index is 1690. The molecule has 1 atom stereocenters. The number of carbonyl (C=O) groups is 1. The van der Waals surface area contributed by atoms with Crippen LogP contribution in [0.3, 0.4) is 0 Å². The van der Waals surface area contributed by atoms with Crippen LogP contribution in [0.15, 0.2) is 40.3 Å². The molecular weight excluding hydrogens is 549 g/mol. The fourth-order valence-corrected chi connectivity index (χ4v) is 8.34. The molecule has 2 aromatic heterocycles. The molecule has 0 N–H and O–H groups in total. The van der Waals surface area contributed by atoms with E-state index in [1.165, 1.54) is 16.6 Å². The number of aryl methyl sites for hydroxylation is 3. The maximum absolute atomic E-state index is 14.4. The molecular formula is C34H40N2O3S2. The molecule has 0 fully saturated rings. The molecule has 0 saturated heterocycles. The van der Waals surface area contributed by atoms with E-state index in [9.17, 15) is 9.59 Å². The Morgan fingerprint density at radius 2 is 1.83 bits per heavy atom. The van der Waals surface area contributed by atoms with Crippen molar-refractivity contribution in [3.8, 4) is 11.4 Å². The number of thioether (sulfide) groups is 1. The average molecular weight is 589 g/mol. The number of aromatic nitrogens is 2. The van der Waals surface area contributed by atoms with Crippen molar-refractivity contribution in [2.24, 2.45) is 11.3 Å². The molecule has 216 valence electrons. The number of hydrogen-bond donors (Lipinski definition) is 0. The molecule has 0 amide bonds. The van der Waals surface area contributed by atoms with Gasteiger partial charge in [-0.1, -0.05) is 57.2 Å². The Morgan fingerprint density at radius 3 is 2.49 bits per heavy atom. The van der Waals surface area contributed by atoms with E-state index in [2.05, 4.69) is 26.8 Å². The van der Waals surface area contributed by atoms with Gasteiger partial charge in [0, 0.05) is 10.4 Å². The number of benzene rings is 2. The molecule has 1 aliphatic carbocycles. The second-order valence-corrected chi connectivity index (χ2v) is 14.0. The highest BCUT2D eigenvalue weighted by Crippen LogP contribution is 2.44. The second-order valence-electron chi connectivity index (χ2n) is 12.0. The minimum absolute atomic E-state index is 0.0489. The van der Waals surface area contributed by atoms with E-state index in [0.29, 0.717) is 22.5 Å². The van der Waals surface area contributed by atoms with Gasteiger partial charge < -0.3 is 4.74 Å². The fourth-order valence-electron chi connectivity index (χ4n) is 6.12. The number of Topliss-reactive ketones (excluding diaryl/α,β-unsaturated/α-hetero) is 1. The van der Waals surface area contributed by atoms with Crippen LogP contribution in [0.1, 0.15) is 76.7 Å². The molecule has 5 nitrogen and oxygen atoms in total. The topological polar surface area (TPSA) is 61.2 Å². The molecule has 0 unspecified atom stereocenters. The Labute approximate surface area is 251 Å². The van der Waals surface area contributed by atoms with Crippen molar-refractivity contribution in [3.05, 3.63) is 78.9 Å². The van der Waals surface area contributed by atoms with Gasteiger partial charge in [-0.3, -0.25) is 14.2 Å². The van der Waals surface area contributed by atoms with Crippen molar-refractivity contribution in [1.29, 1.82) is 0 Å². The first-order chi connectivity index (χ1) is 19.5. The third-order valence-corrected chi connectivity index (χ3v) is 11.5. The molecule has 1 aliphatic rings. The Balaban J connectivity index is 1.62. The SMILES string of the molecule is CCC(C)(C)[C@H]1CCc2c(sc3nc(SCC(=O)c4c(C)c(C)cc(C)c4C)n(-c4ccccc4OC)c(=O)c23)C1. The van der Waals surface area contributed by atoms with Crippen LogP contribution >= 0.6 is 23.1 Å². The fraction of sp³-hybridized carbons (Fsp3) is 0.441. The molecule has 0 spiro atoms. The van der Waals surface area contributed by atoms with Crippen LogP contribution in [0, 0.1) is 39.0 Å². The molecule has 0 bridgehead atoms. The Hall–Kier alpha value is -2.90. The molecule has 7 heteroatoms. The van der Waals surface area contributed by atoms with Gasteiger partial charge in [0.15, 0.2) is 10.9 Å². The summed E-state index contributed by atoms with van der Waals surface area (Å²) in [5.74, 6) is 1.42. The van der Waals surface area contributed by atoms with Gasteiger partial charge in [0.05, 0.1) is 23.9 Å². The molecule has 0 saturated carbocycles. The number of thiophene rings is 1. The monoisotopic (exact) mass is 588 g/mol. The van der Waals surface area contributed by atoms with E-state index >= 15 is 0 Å². The largest absolute Gasteiger partial charge is 0.495 e. The maximum Gasteiger partial charge on any atom is 0.267 e. The van der Waals surface area contributed by atoms with E-state index in [4.69, 9.17) is 9.72 Å². The number of rotatable bonds is 8. The number of methoxy groups -OCH3 is 1. The number of ketones is 1. The summed E-state index contributed by atoms with van der Waals surface area (Å²) in [7, 11) is 1.61. The van der Waals surface area contributed by atoms with Gasteiger partial charge >= 0.3 is 0 Å². The van der Waals surface area contributed by atoms with Crippen LogP contribution < -0.4 is 10.3 Å². The summed E-state index contributed by atoms with van der Waals surface area (Å²) in [5, 5.41) is 1.24. The van der Waals surface area contributed by atoms with Crippen molar-refractivity contribution in [1.82, 2.24) is 9.55 Å². The lowest BCUT2D eigenvalue weighted by molar-refractivity contribution is 0.102. The van der Waals surface area contributed by atoms with E-state index in [-0.39, 0.29) is 22.5 Å². The highest BCUT2D eigenvalue weighted by molar-refractivity contribution is 7.99. The minimum Gasteiger partial charge on any atom is -0.495 e. The summed E-state index contributed by atoms with van der Waals surface area (Å²) in [6, 6.07) is 9.67. The number of fused-ring (bicyclic) bond motifs is 3. The van der Waals surface area contributed by atoms with E-state index in [1.54, 1.807) is 23.0 Å².